The highest BCUT2D eigenvalue weighted by Gasteiger charge is 2.16. The first-order valence-corrected chi connectivity index (χ1v) is 3.94. The van der Waals surface area contributed by atoms with Gasteiger partial charge in [-0.25, -0.2) is 0 Å². The molecule has 1 rings (SSSR count). The molecule has 3 heteroatoms. The van der Waals surface area contributed by atoms with Crippen molar-refractivity contribution in [3.05, 3.63) is 0 Å². The van der Waals surface area contributed by atoms with Gasteiger partial charge in [-0.2, -0.15) is 0 Å². The Bertz CT molecular complexity index is 119. The maximum Gasteiger partial charge on any atom is 0.229 e. The quantitative estimate of drug-likeness (QED) is 0.604. The zero-order valence-electron chi connectivity index (χ0n) is 6.71. The van der Waals surface area contributed by atoms with Crippen molar-refractivity contribution in [2.75, 3.05) is 13.2 Å². The normalized spacial score (nSPS) is 23.0. The summed E-state index contributed by atoms with van der Waals surface area (Å²) in [5, 5.41) is 0. The fraction of sp³-hybridized carbons (Fsp3) is 0.875. The molecule has 0 spiro atoms. The number of ether oxygens (including phenoxy) is 2. The molecule has 1 heterocycles. The molecule has 0 saturated carbocycles. The highest BCUT2D eigenvalue weighted by atomic mass is 16.5. The Morgan fingerprint density at radius 2 is 2.18 bits per heavy atom. The predicted octanol–water partition coefficient (Wildman–Crippen LogP) is 0.680. The number of hydrogen-bond acceptors (Lipinski definition) is 3. The molecule has 1 aliphatic rings. The van der Waals surface area contributed by atoms with Crippen LogP contribution in [-0.4, -0.2) is 31.7 Å². The number of rotatable bonds is 3. The molecule has 0 aromatic heterocycles. The van der Waals surface area contributed by atoms with Gasteiger partial charge in [0.15, 0.2) is 0 Å². The van der Waals surface area contributed by atoms with Crippen molar-refractivity contribution < 1.29 is 14.3 Å². The van der Waals surface area contributed by atoms with E-state index in [9.17, 15) is 4.79 Å². The molecule has 0 aromatic rings. The van der Waals surface area contributed by atoms with Crippen LogP contribution in [0.4, 0.5) is 0 Å². The van der Waals surface area contributed by atoms with E-state index in [0.717, 1.165) is 26.1 Å². The molecule has 1 atom stereocenters. The summed E-state index contributed by atoms with van der Waals surface area (Å²) < 4.78 is 10.5. The van der Waals surface area contributed by atoms with Crippen LogP contribution in [0.25, 0.3) is 0 Å². The lowest BCUT2D eigenvalue weighted by molar-refractivity contribution is -0.0432. The van der Waals surface area contributed by atoms with Gasteiger partial charge < -0.3 is 9.47 Å². The predicted molar refractivity (Wildman–Crippen MR) is 40.1 cm³/mol. The number of hydrogen-bond donors (Lipinski definition) is 0. The molecule has 1 saturated heterocycles. The van der Waals surface area contributed by atoms with Crippen molar-refractivity contribution in [2.45, 2.75) is 32.0 Å². The zero-order chi connectivity index (χ0) is 8.10. The van der Waals surface area contributed by atoms with Crippen LogP contribution in [0.3, 0.4) is 0 Å². The summed E-state index contributed by atoms with van der Waals surface area (Å²) in [6.45, 7) is 3.20. The lowest BCUT2D eigenvalue weighted by atomic mass is 10.1. The van der Waals surface area contributed by atoms with Gasteiger partial charge >= 0.3 is 0 Å². The Kier molecular flexibility index (Phi) is 3.52. The molecule has 1 radical (unpaired) electrons. The average Bonchev–Trinajstić information content (AvgIpc) is 2.06. The maximum absolute atomic E-state index is 10.1. The SMILES string of the molecule is C[C@@H]([C]=O)OC1CCOCC1. The van der Waals surface area contributed by atoms with E-state index in [1.807, 2.05) is 0 Å². The van der Waals surface area contributed by atoms with Crippen molar-refractivity contribution in [1.29, 1.82) is 0 Å². The third-order valence-corrected chi connectivity index (χ3v) is 1.73. The Hall–Kier alpha value is -0.410. The molecule has 0 aliphatic carbocycles. The van der Waals surface area contributed by atoms with Gasteiger partial charge in [-0.1, -0.05) is 0 Å². The van der Waals surface area contributed by atoms with Gasteiger partial charge in [-0.3, -0.25) is 4.79 Å². The Morgan fingerprint density at radius 1 is 1.55 bits per heavy atom. The van der Waals surface area contributed by atoms with Gasteiger partial charge in [0.25, 0.3) is 0 Å². The molecule has 63 valence electrons. The lowest BCUT2D eigenvalue weighted by Crippen LogP contribution is -2.27. The van der Waals surface area contributed by atoms with Gasteiger partial charge in [0.05, 0.1) is 6.10 Å². The van der Waals surface area contributed by atoms with E-state index in [0.29, 0.717) is 0 Å². The minimum Gasteiger partial charge on any atom is -0.381 e. The van der Waals surface area contributed by atoms with E-state index in [1.165, 1.54) is 0 Å². The van der Waals surface area contributed by atoms with Crippen LogP contribution in [0.1, 0.15) is 19.8 Å². The van der Waals surface area contributed by atoms with Crippen molar-refractivity contribution in [3.8, 4) is 0 Å². The highest BCUT2D eigenvalue weighted by molar-refractivity contribution is 5.56. The Morgan fingerprint density at radius 3 is 2.73 bits per heavy atom. The van der Waals surface area contributed by atoms with Crippen molar-refractivity contribution in [3.63, 3.8) is 0 Å². The molecular weight excluding hydrogens is 144 g/mol. The zero-order valence-corrected chi connectivity index (χ0v) is 6.71. The first-order chi connectivity index (χ1) is 5.33. The molecule has 1 fully saturated rings. The van der Waals surface area contributed by atoms with Gasteiger partial charge in [-0.15, -0.1) is 0 Å². The summed E-state index contributed by atoms with van der Waals surface area (Å²) in [4.78, 5) is 10.1. The molecule has 3 nitrogen and oxygen atoms in total. The largest absolute Gasteiger partial charge is 0.381 e. The molecule has 11 heavy (non-hydrogen) atoms. The monoisotopic (exact) mass is 157 g/mol. The van der Waals surface area contributed by atoms with Crippen molar-refractivity contribution in [1.82, 2.24) is 0 Å². The van der Waals surface area contributed by atoms with Crippen molar-refractivity contribution >= 4 is 6.29 Å². The lowest BCUT2D eigenvalue weighted by Gasteiger charge is -2.23. The van der Waals surface area contributed by atoms with E-state index in [1.54, 1.807) is 13.2 Å². The molecule has 1 aliphatic heterocycles. The minimum atomic E-state index is -0.391. The van der Waals surface area contributed by atoms with Crippen LogP contribution in [0, 0.1) is 0 Å². The Labute approximate surface area is 66.7 Å². The second-order valence-corrected chi connectivity index (χ2v) is 2.71. The summed E-state index contributed by atoms with van der Waals surface area (Å²) in [5.41, 5.74) is 0. The van der Waals surface area contributed by atoms with Crippen LogP contribution in [0.15, 0.2) is 0 Å². The molecular formula is C8H13O3. The van der Waals surface area contributed by atoms with E-state index in [2.05, 4.69) is 0 Å². The van der Waals surface area contributed by atoms with Gasteiger partial charge in [0, 0.05) is 13.2 Å². The second-order valence-electron chi connectivity index (χ2n) is 2.71. The molecule has 0 bridgehead atoms. The summed E-state index contributed by atoms with van der Waals surface area (Å²) >= 11 is 0. The topological polar surface area (TPSA) is 35.5 Å². The van der Waals surface area contributed by atoms with Gasteiger partial charge in [0.2, 0.25) is 6.29 Å². The van der Waals surface area contributed by atoms with E-state index in [4.69, 9.17) is 9.47 Å². The fourth-order valence-electron chi connectivity index (χ4n) is 1.13. The standard InChI is InChI=1S/C8H13O3/c1-7(6-9)11-8-2-4-10-5-3-8/h7-8H,2-5H2,1H3/t7-/m0/s1. The smallest absolute Gasteiger partial charge is 0.229 e. The second kappa shape index (κ2) is 4.46. The van der Waals surface area contributed by atoms with Gasteiger partial charge in [0.1, 0.15) is 6.10 Å². The fourth-order valence-corrected chi connectivity index (χ4v) is 1.13. The molecule has 0 aromatic carbocycles. The maximum atomic E-state index is 10.1. The first-order valence-electron chi connectivity index (χ1n) is 3.94. The summed E-state index contributed by atoms with van der Waals surface area (Å²) in [7, 11) is 0. The summed E-state index contributed by atoms with van der Waals surface area (Å²) in [6, 6.07) is 0. The minimum absolute atomic E-state index is 0.195. The van der Waals surface area contributed by atoms with Crippen LogP contribution >= 0.6 is 0 Å². The molecule has 0 N–H and O–H groups in total. The summed E-state index contributed by atoms with van der Waals surface area (Å²) in [6.07, 6.45) is 3.39. The first kappa shape index (κ1) is 8.68. The number of carbonyl (C=O) groups excluding carboxylic acids is 1. The van der Waals surface area contributed by atoms with Crippen LogP contribution in [0.5, 0.6) is 0 Å². The van der Waals surface area contributed by atoms with E-state index < -0.39 is 6.10 Å². The van der Waals surface area contributed by atoms with E-state index >= 15 is 0 Å². The molecule has 0 unspecified atom stereocenters. The third-order valence-electron chi connectivity index (χ3n) is 1.73. The summed E-state index contributed by atoms with van der Waals surface area (Å²) in [5.74, 6) is 0. The third kappa shape index (κ3) is 2.99. The van der Waals surface area contributed by atoms with Crippen LogP contribution in [0.2, 0.25) is 0 Å². The van der Waals surface area contributed by atoms with Crippen LogP contribution in [-0.2, 0) is 14.3 Å². The Balaban J connectivity index is 2.18. The average molecular weight is 157 g/mol. The van der Waals surface area contributed by atoms with Gasteiger partial charge in [-0.05, 0) is 19.8 Å². The highest BCUT2D eigenvalue weighted by Crippen LogP contribution is 2.11. The molecule has 0 amide bonds. The van der Waals surface area contributed by atoms with E-state index in [-0.39, 0.29) is 6.10 Å². The van der Waals surface area contributed by atoms with Crippen molar-refractivity contribution in [2.24, 2.45) is 0 Å². The van der Waals surface area contributed by atoms with Crippen LogP contribution < -0.4 is 0 Å².